The summed E-state index contributed by atoms with van der Waals surface area (Å²) in [7, 11) is 0. The van der Waals surface area contributed by atoms with Crippen molar-refractivity contribution in [3.05, 3.63) is 50.1 Å². The lowest BCUT2D eigenvalue weighted by atomic mass is 10.2. The van der Waals surface area contributed by atoms with Crippen LogP contribution in [0.15, 0.2) is 30.3 Å². The number of carbonyl (C=O) groups excluding carboxylic acids is 2. The maximum absolute atomic E-state index is 11.7. The third-order valence-electron chi connectivity index (χ3n) is 2.51. The number of nitrogens with one attached hydrogen (secondary N) is 1. The van der Waals surface area contributed by atoms with Crippen LogP contribution in [0.2, 0.25) is 9.36 Å². The summed E-state index contributed by atoms with van der Waals surface area (Å²) in [5, 5.41) is 3.01. The Hall–Kier alpha value is -1.56. The van der Waals surface area contributed by atoms with Crippen molar-refractivity contribution in [1.82, 2.24) is 0 Å². The molecule has 0 radical (unpaired) electrons. The minimum absolute atomic E-state index is 0.348. The van der Waals surface area contributed by atoms with Crippen LogP contribution in [-0.2, 0) is 9.53 Å². The number of halogens is 2. The molecule has 0 atom stereocenters. The average Bonchev–Trinajstić information content (AvgIpc) is 2.86. The third-order valence-corrected chi connectivity index (χ3v) is 4.03. The average molecular weight is 344 g/mol. The summed E-state index contributed by atoms with van der Waals surface area (Å²) in [4.78, 5) is 23.7. The van der Waals surface area contributed by atoms with Gasteiger partial charge in [0, 0.05) is 0 Å². The molecule has 0 spiro atoms. The van der Waals surface area contributed by atoms with E-state index in [-0.39, 0.29) is 0 Å². The van der Waals surface area contributed by atoms with Crippen LogP contribution in [0.25, 0.3) is 0 Å². The molecule has 7 heteroatoms. The van der Waals surface area contributed by atoms with Crippen LogP contribution in [0.4, 0.5) is 5.69 Å². The lowest BCUT2D eigenvalue weighted by Gasteiger charge is -2.08. The quantitative estimate of drug-likeness (QED) is 0.848. The zero-order valence-electron chi connectivity index (χ0n) is 11.0. The highest BCUT2D eigenvalue weighted by molar-refractivity contribution is 7.17. The standard InChI is InChI=1S/C14H11Cl2NO3S/c1-8-2-3-10(9(15)6-8)17-13(18)7-20-14(19)11-4-5-12(16)21-11/h2-6H,7H2,1H3,(H,17,18). The van der Waals surface area contributed by atoms with E-state index in [1.165, 1.54) is 0 Å². The molecule has 0 aliphatic rings. The second-order valence-corrected chi connectivity index (χ2v) is 6.33. The van der Waals surface area contributed by atoms with Gasteiger partial charge in [-0.05, 0) is 36.8 Å². The van der Waals surface area contributed by atoms with E-state index < -0.39 is 18.5 Å². The number of aryl methyl sites for hydroxylation is 1. The maximum Gasteiger partial charge on any atom is 0.348 e. The van der Waals surface area contributed by atoms with E-state index in [0.717, 1.165) is 16.9 Å². The van der Waals surface area contributed by atoms with Gasteiger partial charge < -0.3 is 10.1 Å². The highest BCUT2D eigenvalue weighted by Gasteiger charge is 2.13. The van der Waals surface area contributed by atoms with Crippen LogP contribution in [0.3, 0.4) is 0 Å². The van der Waals surface area contributed by atoms with E-state index >= 15 is 0 Å². The molecule has 0 saturated carbocycles. The molecule has 1 N–H and O–H groups in total. The fraction of sp³-hybridized carbons (Fsp3) is 0.143. The molecule has 2 aromatic rings. The van der Waals surface area contributed by atoms with Gasteiger partial charge in [0.05, 0.1) is 15.0 Å². The first-order valence-electron chi connectivity index (χ1n) is 5.94. The Morgan fingerprint density at radius 1 is 1.24 bits per heavy atom. The fourth-order valence-electron chi connectivity index (χ4n) is 1.53. The molecule has 1 amide bonds. The summed E-state index contributed by atoms with van der Waals surface area (Å²) in [5.41, 5.74) is 1.46. The second-order valence-electron chi connectivity index (χ2n) is 4.21. The fourth-order valence-corrected chi connectivity index (χ4v) is 2.75. The van der Waals surface area contributed by atoms with E-state index in [1.54, 1.807) is 24.3 Å². The molecule has 1 aromatic heterocycles. The predicted octanol–water partition coefficient (Wildman–Crippen LogP) is 4.16. The largest absolute Gasteiger partial charge is 0.451 e. The Bertz CT molecular complexity index is 685. The molecule has 1 heterocycles. The topological polar surface area (TPSA) is 55.4 Å². The van der Waals surface area contributed by atoms with Crippen LogP contribution < -0.4 is 5.32 Å². The molecule has 2 rings (SSSR count). The number of amides is 1. The summed E-state index contributed by atoms with van der Waals surface area (Å²) in [6.45, 7) is 1.50. The monoisotopic (exact) mass is 343 g/mol. The van der Waals surface area contributed by atoms with Gasteiger partial charge in [-0.3, -0.25) is 4.79 Å². The first kappa shape index (κ1) is 15.8. The summed E-state index contributed by atoms with van der Waals surface area (Å²) >= 11 is 12.8. The van der Waals surface area contributed by atoms with E-state index in [0.29, 0.717) is 19.9 Å². The first-order chi connectivity index (χ1) is 9.95. The molecule has 0 fully saturated rings. The van der Waals surface area contributed by atoms with Crippen molar-refractivity contribution in [2.45, 2.75) is 6.92 Å². The minimum Gasteiger partial charge on any atom is -0.451 e. The summed E-state index contributed by atoms with van der Waals surface area (Å²) in [6.07, 6.45) is 0. The lowest BCUT2D eigenvalue weighted by molar-refractivity contribution is -0.119. The number of esters is 1. The van der Waals surface area contributed by atoms with E-state index in [4.69, 9.17) is 27.9 Å². The number of benzene rings is 1. The summed E-state index contributed by atoms with van der Waals surface area (Å²) < 4.78 is 5.38. The van der Waals surface area contributed by atoms with E-state index in [1.807, 2.05) is 13.0 Å². The number of carbonyl (C=O) groups is 2. The molecule has 0 bridgehead atoms. The Labute approximate surface area is 135 Å². The smallest absolute Gasteiger partial charge is 0.348 e. The maximum atomic E-state index is 11.7. The second kappa shape index (κ2) is 6.93. The van der Waals surface area contributed by atoms with Gasteiger partial charge in [0.25, 0.3) is 5.91 Å². The van der Waals surface area contributed by atoms with Crippen molar-refractivity contribution < 1.29 is 14.3 Å². The minimum atomic E-state index is -0.586. The van der Waals surface area contributed by atoms with E-state index in [2.05, 4.69) is 5.32 Å². The normalized spacial score (nSPS) is 10.2. The van der Waals surface area contributed by atoms with E-state index in [9.17, 15) is 9.59 Å². The Morgan fingerprint density at radius 3 is 2.62 bits per heavy atom. The molecule has 0 unspecified atom stereocenters. The zero-order valence-corrected chi connectivity index (χ0v) is 13.3. The van der Waals surface area contributed by atoms with Gasteiger partial charge in [-0.2, -0.15) is 0 Å². The predicted molar refractivity (Wildman–Crippen MR) is 84.4 cm³/mol. The molecule has 21 heavy (non-hydrogen) atoms. The Balaban J connectivity index is 1.89. The van der Waals surface area contributed by atoms with Crippen LogP contribution in [-0.4, -0.2) is 18.5 Å². The van der Waals surface area contributed by atoms with Crippen LogP contribution in [0.1, 0.15) is 15.2 Å². The molecule has 110 valence electrons. The number of anilines is 1. The number of hydrogen-bond donors (Lipinski definition) is 1. The molecule has 0 aliphatic heterocycles. The van der Waals surface area contributed by atoms with Crippen LogP contribution in [0.5, 0.6) is 0 Å². The number of thiophene rings is 1. The lowest BCUT2D eigenvalue weighted by Crippen LogP contribution is -2.20. The van der Waals surface area contributed by atoms with Crippen molar-refractivity contribution in [3.63, 3.8) is 0 Å². The van der Waals surface area contributed by atoms with Crippen molar-refractivity contribution in [1.29, 1.82) is 0 Å². The molecule has 0 saturated heterocycles. The van der Waals surface area contributed by atoms with Crippen LogP contribution in [0, 0.1) is 6.92 Å². The van der Waals surface area contributed by atoms with Gasteiger partial charge in [0.2, 0.25) is 0 Å². The van der Waals surface area contributed by atoms with Gasteiger partial charge >= 0.3 is 5.97 Å². The highest BCUT2D eigenvalue weighted by Crippen LogP contribution is 2.23. The highest BCUT2D eigenvalue weighted by atomic mass is 35.5. The van der Waals surface area contributed by atoms with Gasteiger partial charge in [-0.15, -0.1) is 11.3 Å². The van der Waals surface area contributed by atoms with Gasteiger partial charge in [0.1, 0.15) is 4.88 Å². The number of rotatable bonds is 4. The molecular formula is C14H11Cl2NO3S. The SMILES string of the molecule is Cc1ccc(NC(=O)COC(=O)c2ccc(Cl)s2)c(Cl)c1. The van der Waals surface area contributed by atoms with Crippen LogP contribution >= 0.6 is 34.5 Å². The van der Waals surface area contributed by atoms with Crippen molar-refractivity contribution in [3.8, 4) is 0 Å². The summed E-state index contributed by atoms with van der Waals surface area (Å²) in [5.74, 6) is -1.05. The van der Waals surface area contributed by atoms with Crippen molar-refractivity contribution in [2.75, 3.05) is 11.9 Å². The third kappa shape index (κ3) is 4.46. The van der Waals surface area contributed by atoms with Gasteiger partial charge in [-0.25, -0.2) is 4.79 Å². The Kier molecular flexibility index (Phi) is 5.22. The number of ether oxygens (including phenoxy) is 1. The van der Waals surface area contributed by atoms with Crippen molar-refractivity contribution >= 4 is 52.1 Å². The Morgan fingerprint density at radius 2 is 2.00 bits per heavy atom. The van der Waals surface area contributed by atoms with Gasteiger partial charge in [-0.1, -0.05) is 29.3 Å². The molecule has 4 nitrogen and oxygen atoms in total. The number of hydrogen-bond acceptors (Lipinski definition) is 4. The summed E-state index contributed by atoms with van der Waals surface area (Å²) in [6, 6.07) is 8.38. The molecule has 1 aromatic carbocycles. The molecular weight excluding hydrogens is 333 g/mol. The molecule has 0 aliphatic carbocycles. The zero-order chi connectivity index (χ0) is 15.4. The van der Waals surface area contributed by atoms with Gasteiger partial charge in [0.15, 0.2) is 6.61 Å². The first-order valence-corrected chi connectivity index (χ1v) is 7.51. The van der Waals surface area contributed by atoms with Crippen molar-refractivity contribution in [2.24, 2.45) is 0 Å².